The number of hydrogen-bond acceptors (Lipinski definition) is 3. The molecule has 2 N–H and O–H groups in total. The smallest absolute Gasteiger partial charge is 0.323 e. The Morgan fingerprint density at radius 3 is 2.33 bits per heavy atom. The molecule has 1 saturated carbocycles. The van der Waals surface area contributed by atoms with Crippen LogP contribution in [0.1, 0.15) is 46.5 Å². The first-order valence-electron chi connectivity index (χ1n) is 6.65. The average Bonchev–Trinajstić information content (AvgIpc) is 2.78. The number of carboxylic acid groups (broad SMARTS) is 1. The van der Waals surface area contributed by atoms with E-state index in [-0.39, 0.29) is 18.5 Å². The zero-order valence-corrected chi connectivity index (χ0v) is 11.5. The van der Waals surface area contributed by atoms with Gasteiger partial charge in [0.1, 0.15) is 5.54 Å². The normalized spacial score (nSPS) is 17.1. The molecule has 0 spiro atoms. The van der Waals surface area contributed by atoms with Crippen molar-refractivity contribution in [1.29, 1.82) is 0 Å². The van der Waals surface area contributed by atoms with Crippen molar-refractivity contribution in [3.05, 3.63) is 0 Å². The van der Waals surface area contributed by atoms with Crippen LogP contribution in [0.4, 0.5) is 0 Å². The molecule has 0 radical (unpaired) electrons. The third kappa shape index (κ3) is 3.70. The van der Waals surface area contributed by atoms with Gasteiger partial charge in [-0.2, -0.15) is 0 Å². The lowest BCUT2D eigenvalue weighted by Gasteiger charge is -2.33. The number of rotatable bonds is 6. The maximum absolute atomic E-state index is 11.9. The molecule has 0 aromatic carbocycles. The second-order valence-electron chi connectivity index (χ2n) is 5.43. The van der Waals surface area contributed by atoms with Gasteiger partial charge in [-0.15, -0.1) is 0 Å². The molecule has 1 aliphatic carbocycles. The van der Waals surface area contributed by atoms with Crippen LogP contribution in [-0.2, 0) is 9.59 Å². The molecule has 0 saturated heterocycles. The monoisotopic (exact) mass is 256 g/mol. The average molecular weight is 256 g/mol. The van der Waals surface area contributed by atoms with Crippen molar-refractivity contribution in [2.75, 3.05) is 13.1 Å². The van der Waals surface area contributed by atoms with E-state index in [2.05, 4.69) is 5.32 Å². The molecule has 0 aromatic rings. The van der Waals surface area contributed by atoms with Crippen molar-refractivity contribution in [1.82, 2.24) is 10.2 Å². The fraction of sp³-hybridized carbons (Fsp3) is 0.846. The molecule has 5 heteroatoms. The minimum atomic E-state index is -1.01. The van der Waals surface area contributed by atoms with Gasteiger partial charge >= 0.3 is 5.97 Å². The van der Waals surface area contributed by atoms with E-state index >= 15 is 0 Å². The summed E-state index contributed by atoms with van der Waals surface area (Å²) in [5.41, 5.74) is -1.01. The third-order valence-corrected chi connectivity index (χ3v) is 3.75. The first-order chi connectivity index (χ1) is 8.37. The molecule has 1 fully saturated rings. The maximum atomic E-state index is 11.9. The Balaban J connectivity index is 2.51. The standard InChI is InChI=1S/C13H24N2O3/c1-4-15(13(2,3)12(17)18)9-11(16)14-10-7-5-6-8-10/h10H,4-9H2,1-3H3,(H,14,16)(H,17,18). The van der Waals surface area contributed by atoms with Crippen LogP contribution >= 0.6 is 0 Å². The van der Waals surface area contributed by atoms with E-state index in [4.69, 9.17) is 5.11 Å². The first kappa shape index (κ1) is 15.0. The lowest BCUT2D eigenvalue weighted by molar-refractivity contribution is -0.150. The second kappa shape index (κ2) is 6.18. The van der Waals surface area contributed by atoms with E-state index in [1.165, 1.54) is 12.8 Å². The molecule has 0 atom stereocenters. The molecule has 0 bridgehead atoms. The van der Waals surface area contributed by atoms with Gasteiger partial charge in [0.2, 0.25) is 5.91 Å². The summed E-state index contributed by atoms with van der Waals surface area (Å²) < 4.78 is 0. The van der Waals surface area contributed by atoms with Gasteiger partial charge in [-0.25, -0.2) is 0 Å². The predicted molar refractivity (Wildman–Crippen MR) is 69.4 cm³/mol. The Labute approximate surface area is 109 Å². The van der Waals surface area contributed by atoms with Gasteiger partial charge in [-0.1, -0.05) is 19.8 Å². The summed E-state index contributed by atoms with van der Waals surface area (Å²) in [7, 11) is 0. The van der Waals surface area contributed by atoms with E-state index in [9.17, 15) is 9.59 Å². The van der Waals surface area contributed by atoms with Gasteiger partial charge in [0.05, 0.1) is 6.54 Å². The number of nitrogens with one attached hydrogen (secondary N) is 1. The van der Waals surface area contributed by atoms with Crippen molar-refractivity contribution in [2.45, 2.75) is 58.0 Å². The molecule has 0 unspecified atom stereocenters. The van der Waals surface area contributed by atoms with Gasteiger partial charge < -0.3 is 10.4 Å². The molecule has 104 valence electrons. The molecule has 1 amide bonds. The topological polar surface area (TPSA) is 69.6 Å². The van der Waals surface area contributed by atoms with Crippen LogP contribution in [0.15, 0.2) is 0 Å². The summed E-state index contributed by atoms with van der Waals surface area (Å²) in [6.07, 6.45) is 4.42. The third-order valence-electron chi connectivity index (χ3n) is 3.75. The molecule has 18 heavy (non-hydrogen) atoms. The summed E-state index contributed by atoms with van der Waals surface area (Å²) in [5.74, 6) is -0.976. The summed E-state index contributed by atoms with van der Waals surface area (Å²) >= 11 is 0. The van der Waals surface area contributed by atoms with Crippen LogP contribution in [0.2, 0.25) is 0 Å². The number of aliphatic carboxylic acids is 1. The number of carbonyl (C=O) groups is 2. The van der Waals surface area contributed by atoms with Crippen LogP contribution in [0.25, 0.3) is 0 Å². The highest BCUT2D eigenvalue weighted by molar-refractivity contribution is 5.81. The minimum absolute atomic E-state index is 0.0712. The van der Waals surface area contributed by atoms with Crippen molar-refractivity contribution >= 4 is 11.9 Å². The number of hydrogen-bond donors (Lipinski definition) is 2. The van der Waals surface area contributed by atoms with Gasteiger partial charge in [-0.05, 0) is 33.2 Å². The van der Waals surface area contributed by atoms with Crippen molar-refractivity contribution < 1.29 is 14.7 Å². The van der Waals surface area contributed by atoms with E-state index in [0.717, 1.165) is 12.8 Å². The van der Waals surface area contributed by atoms with Crippen LogP contribution in [0, 0.1) is 0 Å². The summed E-state index contributed by atoms with van der Waals surface area (Å²) in [4.78, 5) is 24.7. The molecule has 0 aliphatic heterocycles. The largest absolute Gasteiger partial charge is 0.480 e. The lowest BCUT2D eigenvalue weighted by Crippen LogP contribution is -2.54. The van der Waals surface area contributed by atoms with Gasteiger partial charge in [0.25, 0.3) is 0 Å². The zero-order valence-electron chi connectivity index (χ0n) is 11.5. The number of carbonyl (C=O) groups excluding carboxylic acids is 1. The van der Waals surface area contributed by atoms with Crippen LogP contribution < -0.4 is 5.32 Å². The van der Waals surface area contributed by atoms with E-state index in [0.29, 0.717) is 6.54 Å². The number of amides is 1. The molecular formula is C13H24N2O3. The quantitative estimate of drug-likeness (QED) is 0.750. The molecular weight excluding hydrogens is 232 g/mol. The van der Waals surface area contributed by atoms with Crippen molar-refractivity contribution in [2.24, 2.45) is 0 Å². The number of carboxylic acids is 1. The highest BCUT2D eigenvalue weighted by Gasteiger charge is 2.34. The highest BCUT2D eigenvalue weighted by Crippen LogP contribution is 2.18. The summed E-state index contributed by atoms with van der Waals surface area (Å²) in [5, 5.41) is 12.1. The Kier molecular flexibility index (Phi) is 5.14. The number of nitrogens with zero attached hydrogens (tertiary/aromatic N) is 1. The fourth-order valence-corrected chi connectivity index (χ4v) is 2.36. The van der Waals surface area contributed by atoms with Gasteiger partial charge in [0.15, 0.2) is 0 Å². The summed E-state index contributed by atoms with van der Waals surface area (Å²) in [6.45, 7) is 5.81. The van der Waals surface area contributed by atoms with E-state index in [1.54, 1.807) is 18.7 Å². The Morgan fingerprint density at radius 1 is 1.33 bits per heavy atom. The Morgan fingerprint density at radius 2 is 1.89 bits per heavy atom. The highest BCUT2D eigenvalue weighted by atomic mass is 16.4. The maximum Gasteiger partial charge on any atom is 0.323 e. The molecule has 0 aromatic heterocycles. The fourth-order valence-electron chi connectivity index (χ4n) is 2.36. The number of likely N-dealkylation sites (N-methyl/N-ethyl adjacent to an activating group) is 1. The predicted octanol–water partition coefficient (Wildman–Crippen LogP) is 1.23. The Bertz CT molecular complexity index is 309. The SMILES string of the molecule is CCN(CC(=O)NC1CCCC1)C(C)(C)C(=O)O. The first-order valence-corrected chi connectivity index (χ1v) is 6.65. The van der Waals surface area contributed by atoms with E-state index in [1.807, 2.05) is 6.92 Å². The molecule has 1 rings (SSSR count). The van der Waals surface area contributed by atoms with E-state index < -0.39 is 11.5 Å². The van der Waals surface area contributed by atoms with Gasteiger partial charge in [0, 0.05) is 6.04 Å². The van der Waals surface area contributed by atoms with Crippen LogP contribution in [-0.4, -0.2) is 46.6 Å². The van der Waals surface area contributed by atoms with Crippen LogP contribution in [0.5, 0.6) is 0 Å². The molecule has 0 heterocycles. The van der Waals surface area contributed by atoms with Crippen LogP contribution in [0.3, 0.4) is 0 Å². The van der Waals surface area contributed by atoms with Crippen molar-refractivity contribution in [3.63, 3.8) is 0 Å². The van der Waals surface area contributed by atoms with Crippen molar-refractivity contribution in [3.8, 4) is 0 Å². The summed E-state index contributed by atoms with van der Waals surface area (Å²) in [6, 6.07) is 0.282. The minimum Gasteiger partial charge on any atom is -0.480 e. The van der Waals surface area contributed by atoms with Gasteiger partial charge in [-0.3, -0.25) is 14.5 Å². The second-order valence-corrected chi connectivity index (χ2v) is 5.43. The lowest BCUT2D eigenvalue weighted by atomic mass is 10.0. The molecule has 1 aliphatic rings. The molecule has 5 nitrogen and oxygen atoms in total. The Hall–Kier alpha value is -1.10. The zero-order chi connectivity index (χ0) is 13.8.